The quantitative estimate of drug-likeness (QED) is 0.788. The van der Waals surface area contributed by atoms with Crippen molar-refractivity contribution in [2.24, 2.45) is 5.92 Å². The summed E-state index contributed by atoms with van der Waals surface area (Å²) >= 11 is 0. The number of nitrogens with one attached hydrogen (secondary N) is 1. The molecule has 5 nitrogen and oxygen atoms in total. The molecule has 16 heavy (non-hydrogen) atoms. The van der Waals surface area contributed by atoms with Gasteiger partial charge in [0, 0.05) is 18.7 Å². The number of rotatable bonds is 5. The van der Waals surface area contributed by atoms with Crippen molar-refractivity contribution in [3.63, 3.8) is 0 Å². The summed E-state index contributed by atoms with van der Waals surface area (Å²) in [5.41, 5.74) is 0. The fraction of sp³-hybridized carbons (Fsp3) is 0.636. The Morgan fingerprint density at radius 2 is 2.12 bits per heavy atom. The second-order valence-corrected chi connectivity index (χ2v) is 3.94. The lowest BCUT2D eigenvalue weighted by Gasteiger charge is -2.20. The van der Waals surface area contributed by atoms with E-state index in [2.05, 4.69) is 15.3 Å². The third-order valence-electron chi connectivity index (χ3n) is 2.54. The molecule has 2 atom stereocenters. The molecule has 0 aliphatic carbocycles. The third kappa shape index (κ3) is 3.34. The van der Waals surface area contributed by atoms with Gasteiger partial charge in [0.25, 0.3) is 0 Å². The molecule has 5 heteroatoms. The van der Waals surface area contributed by atoms with Crippen LogP contribution < -0.4 is 10.1 Å². The lowest BCUT2D eigenvalue weighted by Crippen LogP contribution is -2.26. The second kappa shape index (κ2) is 5.65. The molecule has 0 spiro atoms. The SMILES string of the molecule is COc1cc(NC(C)C(C)CO)nc(C)n1. The van der Waals surface area contributed by atoms with Crippen LogP contribution in [0, 0.1) is 12.8 Å². The van der Waals surface area contributed by atoms with Crippen molar-refractivity contribution in [1.29, 1.82) is 0 Å². The summed E-state index contributed by atoms with van der Waals surface area (Å²) in [6.45, 7) is 5.94. The van der Waals surface area contributed by atoms with E-state index in [4.69, 9.17) is 9.84 Å². The number of aliphatic hydroxyl groups excluding tert-OH is 1. The Labute approximate surface area is 95.9 Å². The Hall–Kier alpha value is -1.36. The van der Waals surface area contributed by atoms with Crippen LogP contribution in [0.2, 0.25) is 0 Å². The van der Waals surface area contributed by atoms with Gasteiger partial charge in [-0.1, -0.05) is 6.92 Å². The maximum Gasteiger partial charge on any atom is 0.218 e. The van der Waals surface area contributed by atoms with Gasteiger partial charge in [0.1, 0.15) is 11.6 Å². The standard InChI is InChI=1S/C11H19N3O2/c1-7(6-15)8(2)12-10-5-11(16-4)14-9(3)13-10/h5,7-8,15H,6H2,1-4H3,(H,12,13,14). The summed E-state index contributed by atoms with van der Waals surface area (Å²) in [6.07, 6.45) is 0. The molecule has 0 aliphatic rings. The molecule has 1 heterocycles. The van der Waals surface area contributed by atoms with Gasteiger partial charge in [0.05, 0.1) is 7.11 Å². The van der Waals surface area contributed by atoms with Crippen molar-refractivity contribution in [1.82, 2.24) is 9.97 Å². The Kier molecular flexibility index (Phi) is 4.49. The summed E-state index contributed by atoms with van der Waals surface area (Å²) < 4.78 is 5.06. The smallest absolute Gasteiger partial charge is 0.218 e. The Morgan fingerprint density at radius 3 is 2.69 bits per heavy atom. The highest BCUT2D eigenvalue weighted by Crippen LogP contribution is 2.15. The number of anilines is 1. The average molecular weight is 225 g/mol. The Morgan fingerprint density at radius 1 is 1.44 bits per heavy atom. The van der Waals surface area contributed by atoms with Crippen molar-refractivity contribution in [2.45, 2.75) is 26.8 Å². The summed E-state index contributed by atoms with van der Waals surface area (Å²) in [7, 11) is 1.57. The first-order chi connectivity index (χ1) is 7.56. The van der Waals surface area contributed by atoms with Crippen molar-refractivity contribution >= 4 is 5.82 Å². The Balaban J connectivity index is 2.76. The van der Waals surface area contributed by atoms with Crippen LogP contribution in [0.3, 0.4) is 0 Å². The predicted molar refractivity (Wildman–Crippen MR) is 62.7 cm³/mol. The lowest BCUT2D eigenvalue weighted by atomic mass is 10.1. The number of nitrogens with zero attached hydrogens (tertiary/aromatic N) is 2. The first kappa shape index (κ1) is 12.7. The number of ether oxygens (including phenoxy) is 1. The summed E-state index contributed by atoms with van der Waals surface area (Å²) in [4.78, 5) is 8.36. The van der Waals surface area contributed by atoms with Gasteiger partial charge in [-0.15, -0.1) is 0 Å². The maximum absolute atomic E-state index is 9.04. The van der Waals surface area contributed by atoms with Gasteiger partial charge in [0.15, 0.2) is 0 Å². The van der Waals surface area contributed by atoms with Gasteiger partial charge in [-0.25, -0.2) is 4.98 Å². The van der Waals surface area contributed by atoms with Crippen LogP contribution in [-0.2, 0) is 0 Å². The number of aliphatic hydroxyl groups is 1. The fourth-order valence-electron chi connectivity index (χ4n) is 1.25. The molecule has 1 aromatic heterocycles. The van der Waals surface area contributed by atoms with Crippen LogP contribution in [0.1, 0.15) is 19.7 Å². The van der Waals surface area contributed by atoms with E-state index in [9.17, 15) is 0 Å². The molecule has 1 rings (SSSR count). The monoisotopic (exact) mass is 225 g/mol. The number of aryl methyl sites for hydroxylation is 1. The third-order valence-corrected chi connectivity index (χ3v) is 2.54. The summed E-state index contributed by atoms with van der Waals surface area (Å²) in [5.74, 6) is 2.09. The first-order valence-electron chi connectivity index (χ1n) is 5.34. The van der Waals surface area contributed by atoms with Crippen molar-refractivity contribution in [3.8, 4) is 5.88 Å². The van der Waals surface area contributed by atoms with Crippen LogP contribution in [0.4, 0.5) is 5.82 Å². The van der Waals surface area contributed by atoms with Crippen molar-refractivity contribution in [2.75, 3.05) is 19.0 Å². The van der Waals surface area contributed by atoms with Gasteiger partial charge in [0.2, 0.25) is 5.88 Å². The first-order valence-corrected chi connectivity index (χ1v) is 5.34. The van der Waals surface area contributed by atoms with E-state index in [0.29, 0.717) is 11.7 Å². The van der Waals surface area contributed by atoms with E-state index in [-0.39, 0.29) is 18.6 Å². The van der Waals surface area contributed by atoms with Crippen molar-refractivity contribution < 1.29 is 9.84 Å². The highest BCUT2D eigenvalue weighted by molar-refractivity contribution is 5.39. The predicted octanol–water partition coefficient (Wildman–Crippen LogP) is 1.22. The highest BCUT2D eigenvalue weighted by Gasteiger charge is 2.12. The molecular formula is C11H19N3O2. The van der Waals surface area contributed by atoms with Gasteiger partial charge >= 0.3 is 0 Å². The molecule has 90 valence electrons. The van der Waals surface area contributed by atoms with E-state index < -0.39 is 0 Å². The minimum Gasteiger partial charge on any atom is -0.481 e. The number of hydrogen-bond acceptors (Lipinski definition) is 5. The molecule has 0 aromatic carbocycles. The average Bonchev–Trinajstić information content (AvgIpc) is 2.26. The molecule has 0 bridgehead atoms. The minimum absolute atomic E-state index is 0.143. The molecule has 0 saturated heterocycles. The van der Waals surface area contributed by atoms with Gasteiger partial charge in [-0.3, -0.25) is 0 Å². The van der Waals surface area contributed by atoms with Gasteiger partial charge < -0.3 is 15.2 Å². The topological polar surface area (TPSA) is 67.3 Å². The molecule has 0 aliphatic heterocycles. The lowest BCUT2D eigenvalue weighted by molar-refractivity contribution is 0.226. The Bertz CT molecular complexity index is 344. The molecule has 0 saturated carbocycles. The normalized spacial score (nSPS) is 14.3. The zero-order valence-corrected chi connectivity index (χ0v) is 10.2. The second-order valence-electron chi connectivity index (χ2n) is 3.94. The number of aromatic nitrogens is 2. The maximum atomic E-state index is 9.04. The van der Waals surface area contributed by atoms with Crippen LogP contribution in [0.25, 0.3) is 0 Å². The van der Waals surface area contributed by atoms with Crippen LogP contribution >= 0.6 is 0 Å². The summed E-state index contributed by atoms with van der Waals surface area (Å²) in [6, 6.07) is 1.89. The number of hydrogen-bond donors (Lipinski definition) is 2. The van der Waals surface area contributed by atoms with Gasteiger partial charge in [-0.2, -0.15) is 4.98 Å². The van der Waals surface area contributed by atoms with E-state index in [1.165, 1.54) is 0 Å². The molecule has 2 N–H and O–H groups in total. The fourth-order valence-corrected chi connectivity index (χ4v) is 1.25. The minimum atomic E-state index is 0.143. The molecular weight excluding hydrogens is 206 g/mol. The van der Waals surface area contributed by atoms with Crippen molar-refractivity contribution in [3.05, 3.63) is 11.9 Å². The van der Waals surface area contributed by atoms with E-state index in [1.54, 1.807) is 13.2 Å². The molecule has 2 unspecified atom stereocenters. The number of methoxy groups -OCH3 is 1. The van der Waals surface area contributed by atoms with E-state index >= 15 is 0 Å². The molecule has 0 amide bonds. The van der Waals surface area contributed by atoms with Crippen LogP contribution in [-0.4, -0.2) is 34.8 Å². The zero-order chi connectivity index (χ0) is 12.1. The van der Waals surface area contributed by atoms with Crippen LogP contribution in [0.5, 0.6) is 5.88 Å². The zero-order valence-electron chi connectivity index (χ0n) is 10.2. The van der Waals surface area contributed by atoms with Gasteiger partial charge in [-0.05, 0) is 19.8 Å². The largest absolute Gasteiger partial charge is 0.481 e. The van der Waals surface area contributed by atoms with Crippen LogP contribution in [0.15, 0.2) is 6.07 Å². The molecule has 0 fully saturated rings. The molecule has 0 radical (unpaired) electrons. The highest BCUT2D eigenvalue weighted by atomic mass is 16.5. The molecule has 1 aromatic rings. The summed E-state index contributed by atoms with van der Waals surface area (Å²) in [5, 5.41) is 12.3. The van der Waals surface area contributed by atoms with E-state index in [0.717, 1.165) is 5.82 Å². The van der Waals surface area contributed by atoms with E-state index in [1.807, 2.05) is 20.8 Å².